The first-order valence-corrected chi connectivity index (χ1v) is 4.60. The Balaban J connectivity index is 0.000000980. The van der Waals surface area contributed by atoms with E-state index in [2.05, 4.69) is 20.2 Å². The summed E-state index contributed by atoms with van der Waals surface area (Å²) in [4.78, 5) is 10.6. The molecule has 2 heterocycles. The number of aryl methyl sites for hydroxylation is 1. The van der Waals surface area contributed by atoms with Crippen molar-refractivity contribution in [1.82, 2.24) is 15.3 Å². The molecule has 6 heteroatoms. The average molecular weight is 251 g/mol. The highest BCUT2D eigenvalue weighted by Gasteiger charge is 2.10. The van der Waals surface area contributed by atoms with Crippen molar-refractivity contribution in [1.29, 1.82) is 0 Å². The molecule has 2 rings (SSSR count). The Hall–Kier alpha value is -0.580. The topological polar surface area (TPSA) is 41.0 Å². The van der Waals surface area contributed by atoms with Crippen molar-refractivity contribution in [2.75, 3.05) is 31.1 Å². The minimum Gasteiger partial charge on any atom is -0.354 e. The number of rotatable bonds is 1. The van der Waals surface area contributed by atoms with Gasteiger partial charge in [0.05, 0.1) is 0 Å². The van der Waals surface area contributed by atoms with Gasteiger partial charge in [-0.15, -0.1) is 24.8 Å². The Bertz CT molecular complexity index is 289. The van der Waals surface area contributed by atoms with Gasteiger partial charge >= 0.3 is 0 Å². The molecule has 1 aromatic heterocycles. The van der Waals surface area contributed by atoms with Crippen LogP contribution in [0.1, 0.15) is 5.69 Å². The van der Waals surface area contributed by atoms with Gasteiger partial charge in [0.25, 0.3) is 0 Å². The minimum atomic E-state index is 0. The summed E-state index contributed by atoms with van der Waals surface area (Å²) >= 11 is 0. The van der Waals surface area contributed by atoms with E-state index < -0.39 is 0 Å². The summed E-state index contributed by atoms with van der Waals surface area (Å²) in [5.41, 5.74) is 1.03. The predicted molar refractivity (Wildman–Crippen MR) is 66.3 cm³/mol. The second kappa shape index (κ2) is 6.82. The van der Waals surface area contributed by atoms with Crippen molar-refractivity contribution in [3.8, 4) is 0 Å². The van der Waals surface area contributed by atoms with Gasteiger partial charge in [-0.1, -0.05) is 0 Å². The summed E-state index contributed by atoms with van der Waals surface area (Å²) in [5.74, 6) is 1.05. The molecule has 0 bridgehead atoms. The molecule has 1 fully saturated rings. The van der Waals surface area contributed by atoms with Gasteiger partial charge in [0.1, 0.15) is 12.1 Å². The third kappa shape index (κ3) is 3.81. The first-order chi connectivity index (χ1) is 6.36. The molecule has 1 aromatic rings. The largest absolute Gasteiger partial charge is 0.354 e. The van der Waals surface area contributed by atoms with Crippen LogP contribution in [0.2, 0.25) is 0 Å². The summed E-state index contributed by atoms with van der Waals surface area (Å²) < 4.78 is 0. The Morgan fingerprint density at radius 1 is 1.20 bits per heavy atom. The standard InChI is InChI=1S/C9H14N4.2ClH/c1-8-6-9(12-7-11-8)13-4-2-10-3-5-13;;/h6-7,10H,2-5H2,1H3;2*1H. The molecule has 0 saturated carbocycles. The lowest BCUT2D eigenvalue weighted by atomic mass is 10.3. The fourth-order valence-corrected chi connectivity index (χ4v) is 1.51. The van der Waals surface area contributed by atoms with Crippen molar-refractivity contribution < 1.29 is 0 Å². The number of hydrogen-bond donors (Lipinski definition) is 1. The van der Waals surface area contributed by atoms with Gasteiger partial charge in [0.15, 0.2) is 0 Å². The third-order valence-electron chi connectivity index (χ3n) is 2.23. The van der Waals surface area contributed by atoms with Gasteiger partial charge in [-0.2, -0.15) is 0 Å². The number of nitrogens with zero attached hydrogens (tertiary/aromatic N) is 3. The number of nitrogens with one attached hydrogen (secondary N) is 1. The van der Waals surface area contributed by atoms with Crippen molar-refractivity contribution in [3.05, 3.63) is 18.1 Å². The second-order valence-corrected chi connectivity index (χ2v) is 3.25. The molecule has 4 nitrogen and oxygen atoms in total. The van der Waals surface area contributed by atoms with Crippen LogP contribution in [0.4, 0.5) is 5.82 Å². The minimum absolute atomic E-state index is 0. The van der Waals surface area contributed by atoms with Crippen molar-refractivity contribution >= 4 is 30.6 Å². The van der Waals surface area contributed by atoms with E-state index in [-0.39, 0.29) is 24.8 Å². The molecule has 0 amide bonds. The number of aromatic nitrogens is 2. The van der Waals surface area contributed by atoms with Crippen molar-refractivity contribution in [2.45, 2.75) is 6.92 Å². The van der Waals surface area contributed by atoms with Crippen molar-refractivity contribution in [2.24, 2.45) is 0 Å². The molecule has 0 radical (unpaired) electrons. The fourth-order valence-electron chi connectivity index (χ4n) is 1.51. The highest BCUT2D eigenvalue weighted by Crippen LogP contribution is 2.10. The monoisotopic (exact) mass is 250 g/mol. The number of anilines is 1. The maximum absolute atomic E-state index is 4.25. The normalized spacial score (nSPS) is 15.1. The zero-order valence-electron chi connectivity index (χ0n) is 8.64. The zero-order chi connectivity index (χ0) is 9.10. The lowest BCUT2D eigenvalue weighted by Gasteiger charge is -2.28. The van der Waals surface area contributed by atoms with Gasteiger partial charge < -0.3 is 10.2 Å². The quantitative estimate of drug-likeness (QED) is 0.809. The van der Waals surface area contributed by atoms with E-state index in [9.17, 15) is 0 Å². The van der Waals surface area contributed by atoms with Crippen molar-refractivity contribution in [3.63, 3.8) is 0 Å². The zero-order valence-corrected chi connectivity index (χ0v) is 10.3. The summed E-state index contributed by atoms with van der Waals surface area (Å²) in [6.45, 7) is 6.16. The molecule has 0 unspecified atom stereocenters. The van der Waals surface area contributed by atoms with Gasteiger partial charge in [-0.05, 0) is 6.92 Å². The van der Waals surface area contributed by atoms with Crippen LogP contribution >= 0.6 is 24.8 Å². The summed E-state index contributed by atoms with van der Waals surface area (Å²) in [6, 6.07) is 2.03. The van der Waals surface area contributed by atoms with Gasteiger partial charge in [-0.3, -0.25) is 0 Å². The molecule has 1 N–H and O–H groups in total. The average Bonchev–Trinajstić information content (AvgIpc) is 2.19. The van der Waals surface area contributed by atoms with Crippen LogP contribution in [0.25, 0.3) is 0 Å². The maximum atomic E-state index is 4.25. The van der Waals surface area contributed by atoms with Crippen LogP contribution in [-0.2, 0) is 0 Å². The lowest BCUT2D eigenvalue weighted by molar-refractivity contribution is 0.584. The van der Waals surface area contributed by atoms with E-state index in [1.165, 1.54) is 0 Å². The first-order valence-electron chi connectivity index (χ1n) is 4.60. The molecular weight excluding hydrogens is 235 g/mol. The highest BCUT2D eigenvalue weighted by molar-refractivity contribution is 5.85. The number of piperazine rings is 1. The van der Waals surface area contributed by atoms with E-state index in [4.69, 9.17) is 0 Å². The fraction of sp³-hybridized carbons (Fsp3) is 0.556. The van der Waals surface area contributed by atoms with E-state index in [1.807, 2.05) is 13.0 Å². The van der Waals surface area contributed by atoms with Crippen LogP contribution in [0.5, 0.6) is 0 Å². The molecule has 0 aromatic carbocycles. The van der Waals surface area contributed by atoms with Gasteiger partial charge in [0.2, 0.25) is 0 Å². The molecule has 0 spiro atoms. The SMILES string of the molecule is Cc1cc(N2CCNCC2)ncn1.Cl.Cl. The highest BCUT2D eigenvalue weighted by atomic mass is 35.5. The second-order valence-electron chi connectivity index (χ2n) is 3.25. The van der Waals surface area contributed by atoms with Crippen LogP contribution in [0.15, 0.2) is 12.4 Å². The summed E-state index contributed by atoms with van der Waals surface area (Å²) in [6.07, 6.45) is 1.63. The predicted octanol–water partition coefficient (Wildman–Crippen LogP) is 1.04. The van der Waals surface area contributed by atoms with Crippen LogP contribution in [0, 0.1) is 6.92 Å². The van der Waals surface area contributed by atoms with Crippen LogP contribution in [0.3, 0.4) is 0 Å². The molecule has 15 heavy (non-hydrogen) atoms. The number of hydrogen-bond acceptors (Lipinski definition) is 4. The molecule has 0 aliphatic carbocycles. The molecule has 1 aliphatic heterocycles. The Kier molecular flexibility index (Phi) is 6.56. The van der Waals surface area contributed by atoms with Crippen LogP contribution < -0.4 is 10.2 Å². The molecule has 86 valence electrons. The van der Waals surface area contributed by atoms with E-state index in [1.54, 1.807) is 6.33 Å². The summed E-state index contributed by atoms with van der Waals surface area (Å²) in [5, 5.41) is 3.31. The van der Waals surface area contributed by atoms with Gasteiger partial charge in [0, 0.05) is 37.9 Å². The maximum Gasteiger partial charge on any atom is 0.132 e. The Morgan fingerprint density at radius 3 is 2.47 bits per heavy atom. The summed E-state index contributed by atoms with van der Waals surface area (Å²) in [7, 11) is 0. The van der Waals surface area contributed by atoms with E-state index in [0.29, 0.717) is 0 Å². The molecule has 1 saturated heterocycles. The molecule has 0 atom stereocenters. The first kappa shape index (κ1) is 14.4. The smallest absolute Gasteiger partial charge is 0.132 e. The van der Waals surface area contributed by atoms with E-state index in [0.717, 1.165) is 37.7 Å². The lowest BCUT2D eigenvalue weighted by Crippen LogP contribution is -2.43. The van der Waals surface area contributed by atoms with Crippen LogP contribution in [-0.4, -0.2) is 36.1 Å². The molecular formula is C9H16Cl2N4. The van der Waals surface area contributed by atoms with E-state index >= 15 is 0 Å². The Labute approximate surface area is 102 Å². The number of halogens is 2. The molecule has 1 aliphatic rings. The Morgan fingerprint density at radius 2 is 1.87 bits per heavy atom. The van der Waals surface area contributed by atoms with Gasteiger partial charge in [-0.25, -0.2) is 9.97 Å². The third-order valence-corrected chi connectivity index (χ3v) is 2.23.